The van der Waals surface area contributed by atoms with E-state index in [4.69, 9.17) is 5.73 Å². The predicted molar refractivity (Wildman–Crippen MR) is 76.6 cm³/mol. The largest absolute Gasteiger partial charge is 0.329 e. The van der Waals surface area contributed by atoms with E-state index in [1.54, 1.807) is 13.0 Å². The third kappa shape index (κ3) is 3.14. The van der Waals surface area contributed by atoms with E-state index < -0.39 is 0 Å². The van der Waals surface area contributed by atoms with Crippen LogP contribution in [-0.2, 0) is 0 Å². The number of halogens is 1. The van der Waals surface area contributed by atoms with Crippen molar-refractivity contribution in [2.45, 2.75) is 25.9 Å². The molecule has 0 amide bonds. The summed E-state index contributed by atoms with van der Waals surface area (Å²) in [5.41, 5.74) is 7.62. The fourth-order valence-corrected chi connectivity index (χ4v) is 2.90. The molecule has 1 fully saturated rings. The molecule has 1 aliphatic heterocycles. The Morgan fingerprint density at radius 3 is 2.74 bits per heavy atom. The Morgan fingerprint density at radius 1 is 1.42 bits per heavy atom. The lowest BCUT2D eigenvalue weighted by Gasteiger charge is -2.42. The van der Waals surface area contributed by atoms with Crippen molar-refractivity contribution in [2.75, 3.05) is 33.2 Å². The molecule has 1 aromatic rings. The molecule has 106 valence electrons. The third-order valence-corrected chi connectivity index (χ3v) is 4.09. The van der Waals surface area contributed by atoms with Crippen LogP contribution in [0, 0.1) is 12.7 Å². The van der Waals surface area contributed by atoms with Crippen LogP contribution in [0.2, 0.25) is 0 Å². The Labute approximate surface area is 115 Å². The minimum absolute atomic E-state index is 0.110. The third-order valence-electron chi connectivity index (χ3n) is 4.09. The van der Waals surface area contributed by atoms with Gasteiger partial charge >= 0.3 is 0 Å². The summed E-state index contributed by atoms with van der Waals surface area (Å²) in [7, 11) is 2.14. The molecule has 0 spiro atoms. The maximum absolute atomic E-state index is 13.7. The Hall–Kier alpha value is -0.970. The fourth-order valence-electron chi connectivity index (χ4n) is 2.90. The number of rotatable bonds is 3. The normalized spacial score (nSPS) is 23.5. The van der Waals surface area contributed by atoms with E-state index in [0.29, 0.717) is 18.2 Å². The van der Waals surface area contributed by atoms with Gasteiger partial charge in [-0.3, -0.25) is 4.90 Å². The van der Waals surface area contributed by atoms with Crippen LogP contribution in [0.5, 0.6) is 0 Å². The SMILES string of the molecule is Cc1ccc(C(CN)N2CCN(C)CC2C)cc1F. The van der Waals surface area contributed by atoms with Gasteiger partial charge in [0.25, 0.3) is 0 Å². The molecular formula is C15H24FN3. The summed E-state index contributed by atoms with van der Waals surface area (Å²) in [5.74, 6) is -0.141. The van der Waals surface area contributed by atoms with Gasteiger partial charge in [-0.2, -0.15) is 0 Å². The highest BCUT2D eigenvalue weighted by Gasteiger charge is 2.28. The van der Waals surface area contributed by atoms with E-state index >= 15 is 0 Å². The van der Waals surface area contributed by atoms with Crippen molar-refractivity contribution in [3.63, 3.8) is 0 Å². The van der Waals surface area contributed by atoms with E-state index in [1.165, 1.54) is 0 Å². The molecule has 1 heterocycles. The Bertz CT molecular complexity index is 435. The van der Waals surface area contributed by atoms with Gasteiger partial charge in [0, 0.05) is 38.3 Å². The lowest BCUT2D eigenvalue weighted by Crippen LogP contribution is -2.52. The number of nitrogens with zero attached hydrogens (tertiary/aromatic N) is 2. The zero-order valence-electron chi connectivity index (χ0n) is 12.1. The number of likely N-dealkylation sites (N-methyl/N-ethyl adjacent to an activating group) is 1. The summed E-state index contributed by atoms with van der Waals surface area (Å²) in [4.78, 5) is 4.72. The van der Waals surface area contributed by atoms with Gasteiger partial charge in [0.05, 0.1) is 0 Å². The molecule has 0 radical (unpaired) electrons. The number of benzene rings is 1. The first-order chi connectivity index (χ1) is 9.02. The monoisotopic (exact) mass is 265 g/mol. The quantitative estimate of drug-likeness (QED) is 0.904. The van der Waals surface area contributed by atoms with Crippen molar-refractivity contribution in [3.8, 4) is 0 Å². The van der Waals surface area contributed by atoms with Crippen molar-refractivity contribution in [3.05, 3.63) is 35.1 Å². The molecule has 2 rings (SSSR count). The summed E-state index contributed by atoms with van der Waals surface area (Å²) in [5, 5.41) is 0. The first kappa shape index (κ1) is 14.4. The van der Waals surface area contributed by atoms with Gasteiger partial charge in [0.1, 0.15) is 5.82 Å². The lowest BCUT2D eigenvalue weighted by atomic mass is 10.0. The molecule has 4 heteroatoms. The van der Waals surface area contributed by atoms with Gasteiger partial charge in [0.2, 0.25) is 0 Å². The van der Waals surface area contributed by atoms with E-state index in [2.05, 4.69) is 23.8 Å². The van der Waals surface area contributed by atoms with E-state index in [-0.39, 0.29) is 11.9 Å². The molecule has 0 aromatic heterocycles. The zero-order chi connectivity index (χ0) is 14.0. The maximum Gasteiger partial charge on any atom is 0.126 e. The fraction of sp³-hybridized carbons (Fsp3) is 0.600. The van der Waals surface area contributed by atoms with Crippen LogP contribution < -0.4 is 5.73 Å². The molecule has 1 aromatic carbocycles. The van der Waals surface area contributed by atoms with Gasteiger partial charge in [-0.15, -0.1) is 0 Å². The van der Waals surface area contributed by atoms with Crippen LogP contribution in [0.15, 0.2) is 18.2 Å². The van der Waals surface area contributed by atoms with Crippen molar-refractivity contribution in [1.82, 2.24) is 9.80 Å². The average Bonchev–Trinajstić information content (AvgIpc) is 2.37. The first-order valence-electron chi connectivity index (χ1n) is 6.93. The van der Waals surface area contributed by atoms with Crippen molar-refractivity contribution >= 4 is 0 Å². The van der Waals surface area contributed by atoms with Crippen LogP contribution in [0.25, 0.3) is 0 Å². The average molecular weight is 265 g/mol. The highest BCUT2D eigenvalue weighted by Crippen LogP contribution is 2.25. The van der Waals surface area contributed by atoms with Crippen LogP contribution in [-0.4, -0.2) is 49.1 Å². The topological polar surface area (TPSA) is 32.5 Å². The summed E-state index contributed by atoms with van der Waals surface area (Å²) in [6, 6.07) is 6.03. The van der Waals surface area contributed by atoms with Crippen molar-refractivity contribution in [1.29, 1.82) is 0 Å². The Morgan fingerprint density at radius 2 is 2.16 bits per heavy atom. The zero-order valence-corrected chi connectivity index (χ0v) is 12.1. The van der Waals surface area contributed by atoms with Crippen LogP contribution in [0.3, 0.4) is 0 Å². The second-order valence-corrected chi connectivity index (χ2v) is 5.61. The van der Waals surface area contributed by atoms with E-state index in [9.17, 15) is 4.39 Å². The minimum Gasteiger partial charge on any atom is -0.329 e. The summed E-state index contributed by atoms with van der Waals surface area (Å²) in [6.07, 6.45) is 0. The van der Waals surface area contributed by atoms with Crippen molar-refractivity contribution in [2.24, 2.45) is 5.73 Å². The summed E-state index contributed by atoms with van der Waals surface area (Å²) < 4.78 is 13.7. The molecule has 1 aliphatic rings. The first-order valence-corrected chi connectivity index (χ1v) is 6.93. The van der Waals surface area contributed by atoms with Gasteiger partial charge in [-0.1, -0.05) is 12.1 Å². The number of aryl methyl sites for hydroxylation is 1. The Kier molecular flexibility index (Phi) is 4.55. The van der Waals surface area contributed by atoms with Gasteiger partial charge in [-0.05, 0) is 38.1 Å². The van der Waals surface area contributed by atoms with Gasteiger partial charge in [-0.25, -0.2) is 4.39 Å². The Balaban J connectivity index is 2.21. The number of nitrogens with two attached hydrogens (primary N) is 1. The van der Waals surface area contributed by atoms with Crippen LogP contribution in [0.1, 0.15) is 24.1 Å². The van der Waals surface area contributed by atoms with Crippen molar-refractivity contribution < 1.29 is 4.39 Å². The van der Waals surface area contributed by atoms with Gasteiger partial charge < -0.3 is 10.6 Å². The minimum atomic E-state index is -0.141. The highest BCUT2D eigenvalue weighted by atomic mass is 19.1. The maximum atomic E-state index is 13.7. The highest BCUT2D eigenvalue weighted by molar-refractivity contribution is 5.26. The smallest absolute Gasteiger partial charge is 0.126 e. The molecule has 3 nitrogen and oxygen atoms in total. The molecule has 0 bridgehead atoms. The molecule has 2 unspecified atom stereocenters. The molecular weight excluding hydrogens is 241 g/mol. The van der Waals surface area contributed by atoms with E-state index in [1.807, 2.05) is 12.1 Å². The molecule has 0 saturated carbocycles. The molecule has 2 atom stereocenters. The number of hydrogen-bond donors (Lipinski definition) is 1. The van der Waals surface area contributed by atoms with Gasteiger partial charge in [0.15, 0.2) is 0 Å². The molecule has 0 aliphatic carbocycles. The standard InChI is InChI=1S/C15H24FN3/c1-11-4-5-13(8-14(11)16)15(9-17)19-7-6-18(3)10-12(19)2/h4-5,8,12,15H,6-7,9-10,17H2,1-3H3. The summed E-state index contributed by atoms with van der Waals surface area (Å²) >= 11 is 0. The van der Waals surface area contributed by atoms with Crippen LogP contribution >= 0.6 is 0 Å². The van der Waals surface area contributed by atoms with Crippen LogP contribution in [0.4, 0.5) is 4.39 Å². The molecule has 2 N–H and O–H groups in total. The lowest BCUT2D eigenvalue weighted by molar-refractivity contribution is 0.0634. The second-order valence-electron chi connectivity index (χ2n) is 5.61. The predicted octanol–water partition coefficient (Wildman–Crippen LogP) is 1.77. The van der Waals surface area contributed by atoms with E-state index in [0.717, 1.165) is 25.2 Å². The number of hydrogen-bond acceptors (Lipinski definition) is 3. The number of piperazine rings is 1. The molecule has 19 heavy (non-hydrogen) atoms. The summed E-state index contributed by atoms with van der Waals surface area (Å²) in [6.45, 7) is 7.57. The molecule has 1 saturated heterocycles. The second kappa shape index (κ2) is 5.99.